The van der Waals surface area contributed by atoms with E-state index in [-0.39, 0.29) is 19.4 Å². The number of phosphoric ester groups is 1. The topological polar surface area (TPSA) is 172 Å². The smallest absolute Gasteiger partial charge is 0.472 e. The zero-order valence-electron chi connectivity index (χ0n) is 35.6. The lowest BCUT2D eigenvalue weighted by Crippen LogP contribution is -2.34. The summed E-state index contributed by atoms with van der Waals surface area (Å²) in [5.41, 5.74) is 5.33. The Kier molecular flexibility index (Phi) is 38.1. The molecular formula is C46H76NO10P. The van der Waals surface area contributed by atoms with Gasteiger partial charge in [0.05, 0.1) is 13.2 Å². The molecule has 4 N–H and O–H groups in total. The van der Waals surface area contributed by atoms with Gasteiger partial charge in [-0.3, -0.25) is 23.4 Å². The minimum atomic E-state index is -4.74. The Morgan fingerprint density at radius 3 is 1.48 bits per heavy atom. The first-order chi connectivity index (χ1) is 28.1. The van der Waals surface area contributed by atoms with Crippen molar-refractivity contribution in [2.24, 2.45) is 5.73 Å². The van der Waals surface area contributed by atoms with E-state index in [0.29, 0.717) is 12.8 Å². The summed E-state index contributed by atoms with van der Waals surface area (Å²) in [6.07, 6.45) is 49.3. The predicted molar refractivity (Wildman–Crippen MR) is 235 cm³/mol. The lowest BCUT2D eigenvalue weighted by molar-refractivity contribution is -0.161. The maximum atomic E-state index is 12.6. The molecule has 0 aliphatic carbocycles. The number of allylic oxidation sites excluding steroid dienone is 14. The number of carbonyl (C=O) groups is 3. The van der Waals surface area contributed by atoms with E-state index in [1.54, 1.807) is 0 Å². The maximum absolute atomic E-state index is 12.6. The first kappa shape index (κ1) is 54.7. The third kappa shape index (κ3) is 39.5. The Morgan fingerprint density at radius 2 is 0.966 bits per heavy atom. The molecule has 0 saturated carbocycles. The number of unbranched alkanes of at least 4 members (excludes halogenated alkanes) is 11. The van der Waals surface area contributed by atoms with Crippen molar-refractivity contribution in [1.29, 1.82) is 0 Å². The molecule has 58 heavy (non-hydrogen) atoms. The summed E-state index contributed by atoms with van der Waals surface area (Å²) in [6, 6.07) is -1.53. The molecule has 0 aromatic heterocycles. The fourth-order valence-electron chi connectivity index (χ4n) is 5.24. The summed E-state index contributed by atoms with van der Waals surface area (Å²) >= 11 is 0. The average Bonchev–Trinajstić information content (AvgIpc) is 3.20. The van der Waals surface area contributed by atoms with Gasteiger partial charge in [0.25, 0.3) is 0 Å². The van der Waals surface area contributed by atoms with Gasteiger partial charge >= 0.3 is 25.7 Å². The van der Waals surface area contributed by atoms with E-state index in [9.17, 15) is 23.8 Å². The Labute approximate surface area is 350 Å². The quantitative estimate of drug-likeness (QED) is 0.0233. The molecular weight excluding hydrogens is 757 g/mol. The number of hydrogen-bond donors (Lipinski definition) is 3. The summed E-state index contributed by atoms with van der Waals surface area (Å²) in [7, 11) is -4.74. The van der Waals surface area contributed by atoms with Gasteiger partial charge in [0.1, 0.15) is 12.6 Å². The highest BCUT2D eigenvalue weighted by molar-refractivity contribution is 7.47. The molecule has 0 spiro atoms. The van der Waals surface area contributed by atoms with Crippen molar-refractivity contribution in [3.8, 4) is 0 Å². The van der Waals surface area contributed by atoms with Crippen molar-refractivity contribution in [1.82, 2.24) is 0 Å². The number of ether oxygens (including phenoxy) is 2. The highest BCUT2D eigenvalue weighted by Crippen LogP contribution is 2.43. The fraction of sp³-hybridized carbons (Fsp3) is 0.630. The lowest BCUT2D eigenvalue weighted by atomic mass is 10.1. The van der Waals surface area contributed by atoms with Gasteiger partial charge in [-0.05, 0) is 89.9 Å². The molecule has 0 heterocycles. The van der Waals surface area contributed by atoms with Crippen LogP contribution in [0.5, 0.6) is 0 Å². The number of aliphatic carboxylic acids is 1. The molecule has 11 nitrogen and oxygen atoms in total. The zero-order valence-corrected chi connectivity index (χ0v) is 36.5. The molecule has 0 aliphatic rings. The Hall–Kier alpha value is -3.34. The molecule has 330 valence electrons. The molecule has 3 unspecified atom stereocenters. The molecule has 0 saturated heterocycles. The van der Waals surface area contributed by atoms with Crippen LogP contribution < -0.4 is 5.73 Å². The molecule has 0 amide bonds. The van der Waals surface area contributed by atoms with Gasteiger partial charge in [-0.25, -0.2) is 4.57 Å². The summed E-state index contributed by atoms with van der Waals surface area (Å²) < 4.78 is 32.6. The van der Waals surface area contributed by atoms with Crippen molar-refractivity contribution in [2.45, 2.75) is 167 Å². The number of nitrogens with two attached hydrogens (primary N) is 1. The van der Waals surface area contributed by atoms with E-state index < -0.39 is 51.1 Å². The highest BCUT2D eigenvalue weighted by Gasteiger charge is 2.28. The summed E-state index contributed by atoms with van der Waals surface area (Å²) in [5.74, 6) is -2.46. The van der Waals surface area contributed by atoms with Crippen LogP contribution >= 0.6 is 7.82 Å². The molecule has 3 atom stereocenters. The molecule has 12 heteroatoms. The number of carboxylic acids is 1. The van der Waals surface area contributed by atoms with E-state index in [1.807, 2.05) is 0 Å². The average molecular weight is 834 g/mol. The predicted octanol–water partition coefficient (Wildman–Crippen LogP) is 11.5. The minimum Gasteiger partial charge on any atom is -0.480 e. The Morgan fingerprint density at radius 1 is 0.552 bits per heavy atom. The van der Waals surface area contributed by atoms with Crippen LogP contribution in [-0.4, -0.2) is 59.9 Å². The largest absolute Gasteiger partial charge is 0.480 e. The van der Waals surface area contributed by atoms with E-state index in [2.05, 4.69) is 103 Å². The van der Waals surface area contributed by atoms with E-state index in [1.165, 1.54) is 25.7 Å². The molecule has 0 fully saturated rings. The van der Waals surface area contributed by atoms with Crippen molar-refractivity contribution in [3.05, 3.63) is 85.1 Å². The van der Waals surface area contributed by atoms with Gasteiger partial charge in [0, 0.05) is 12.8 Å². The Balaban J connectivity index is 4.46. The van der Waals surface area contributed by atoms with Gasteiger partial charge in [0.15, 0.2) is 6.10 Å². The second kappa shape index (κ2) is 40.4. The molecule has 0 aromatic rings. The van der Waals surface area contributed by atoms with Crippen LogP contribution in [-0.2, 0) is 37.5 Å². The monoisotopic (exact) mass is 834 g/mol. The second-order valence-corrected chi connectivity index (χ2v) is 15.5. The van der Waals surface area contributed by atoms with Crippen LogP contribution in [0.2, 0.25) is 0 Å². The van der Waals surface area contributed by atoms with Gasteiger partial charge < -0.3 is 25.2 Å². The number of carbonyl (C=O) groups excluding carboxylic acids is 2. The first-order valence-corrected chi connectivity index (χ1v) is 23.1. The van der Waals surface area contributed by atoms with Crippen LogP contribution in [0.3, 0.4) is 0 Å². The van der Waals surface area contributed by atoms with Crippen molar-refractivity contribution in [3.63, 3.8) is 0 Å². The third-order valence-electron chi connectivity index (χ3n) is 8.63. The van der Waals surface area contributed by atoms with Crippen LogP contribution in [0.15, 0.2) is 85.1 Å². The number of rotatable bonds is 39. The highest BCUT2D eigenvalue weighted by atomic mass is 31.2. The molecule has 0 aromatic carbocycles. The second-order valence-electron chi connectivity index (χ2n) is 14.1. The fourth-order valence-corrected chi connectivity index (χ4v) is 6.02. The number of hydrogen-bond acceptors (Lipinski definition) is 9. The van der Waals surface area contributed by atoms with Crippen LogP contribution in [0.4, 0.5) is 0 Å². The number of carboxylic acid groups (broad SMARTS) is 1. The third-order valence-corrected chi connectivity index (χ3v) is 9.58. The lowest BCUT2D eigenvalue weighted by Gasteiger charge is -2.20. The van der Waals surface area contributed by atoms with Gasteiger partial charge in [-0.2, -0.15) is 0 Å². The molecule has 0 bridgehead atoms. The SMILES string of the molecule is CC/C=C\C/C=C\C/C=C\C/C=C\CCCCC(=O)OC(COC(=O)CCCCCCCC/C=C\C/C=C\C/C=C\CCCCC)COP(=O)(O)OCC(N)C(=O)O. The molecule has 0 radical (unpaired) electrons. The van der Waals surface area contributed by atoms with Crippen molar-refractivity contribution in [2.75, 3.05) is 19.8 Å². The summed E-state index contributed by atoms with van der Waals surface area (Å²) in [5, 5.41) is 8.89. The van der Waals surface area contributed by atoms with Gasteiger partial charge in [-0.1, -0.05) is 137 Å². The normalized spacial score (nSPS) is 14.6. The molecule has 0 rings (SSSR count). The maximum Gasteiger partial charge on any atom is 0.472 e. The van der Waals surface area contributed by atoms with Crippen LogP contribution in [0.1, 0.15) is 155 Å². The molecule has 0 aliphatic heterocycles. The van der Waals surface area contributed by atoms with Gasteiger partial charge in [0.2, 0.25) is 0 Å². The summed E-state index contributed by atoms with van der Waals surface area (Å²) in [4.78, 5) is 45.9. The van der Waals surface area contributed by atoms with Gasteiger partial charge in [-0.15, -0.1) is 0 Å². The van der Waals surface area contributed by atoms with Crippen molar-refractivity contribution < 1.29 is 47.5 Å². The van der Waals surface area contributed by atoms with E-state index in [4.69, 9.17) is 24.8 Å². The first-order valence-electron chi connectivity index (χ1n) is 21.6. The van der Waals surface area contributed by atoms with Crippen LogP contribution in [0, 0.1) is 0 Å². The van der Waals surface area contributed by atoms with Crippen molar-refractivity contribution >= 4 is 25.7 Å². The van der Waals surface area contributed by atoms with E-state index >= 15 is 0 Å². The standard InChI is InChI=1S/C46H76NO10P/c1-3-5-7-9-11-13-15-17-19-20-21-22-24-25-27-29-31-33-35-37-44(48)54-39-42(40-55-58(52,53)56-41-43(47)46(50)51)57-45(49)38-36-34-32-30-28-26-23-18-16-14-12-10-8-6-4-2/h6,8,11-14,17-19,21-23,28,30,42-43H,3-5,7,9-10,15-16,20,24-27,29,31-41,47H2,1-2H3,(H,50,51)(H,52,53)/b8-6-,13-11-,14-12-,19-17-,22-21-,23-18-,30-28-. The zero-order chi connectivity index (χ0) is 42.8. The van der Waals surface area contributed by atoms with E-state index in [0.717, 1.165) is 89.9 Å². The van der Waals surface area contributed by atoms with Crippen LogP contribution in [0.25, 0.3) is 0 Å². The Bertz CT molecular complexity index is 1300. The number of phosphoric acid groups is 1. The number of esters is 2. The minimum absolute atomic E-state index is 0.101. The summed E-state index contributed by atoms with van der Waals surface area (Å²) in [6.45, 7) is 2.58.